The largest absolute Gasteiger partial charge is 0.462 e. The Morgan fingerprint density at radius 1 is 0.960 bits per heavy atom. The van der Waals surface area contributed by atoms with E-state index in [1.807, 2.05) is 38.1 Å². The molecule has 0 aromatic heterocycles. The number of hydrogen-bond acceptors (Lipinski definition) is 10. The van der Waals surface area contributed by atoms with Crippen molar-refractivity contribution in [3.8, 4) is 0 Å². The van der Waals surface area contributed by atoms with Gasteiger partial charge in [-0.25, -0.2) is 0 Å². The zero-order valence-electron chi connectivity index (χ0n) is 30.9. The third-order valence-electron chi connectivity index (χ3n) is 12.7. The van der Waals surface area contributed by atoms with Gasteiger partial charge >= 0.3 is 23.9 Å². The molecule has 10 heteroatoms. The van der Waals surface area contributed by atoms with Crippen LogP contribution in [-0.2, 0) is 49.3 Å². The van der Waals surface area contributed by atoms with Crippen LogP contribution in [0, 0.1) is 40.9 Å². The summed E-state index contributed by atoms with van der Waals surface area (Å²) in [5.74, 6) is -3.61. The molecule has 2 fully saturated rings. The molecule has 0 spiro atoms. The van der Waals surface area contributed by atoms with Crippen molar-refractivity contribution in [2.45, 2.75) is 118 Å². The van der Waals surface area contributed by atoms with E-state index in [1.54, 1.807) is 6.92 Å². The molecule has 0 radical (unpaired) electrons. The van der Waals surface area contributed by atoms with Crippen LogP contribution in [0.3, 0.4) is 0 Å². The minimum absolute atomic E-state index is 0.0596. The molecule has 0 saturated heterocycles. The van der Waals surface area contributed by atoms with Gasteiger partial charge in [-0.05, 0) is 80.6 Å². The van der Waals surface area contributed by atoms with E-state index in [-0.39, 0.29) is 13.2 Å². The number of hydrogen-bond donors (Lipinski definition) is 1. The normalized spacial score (nSPS) is 38.2. The minimum Gasteiger partial charge on any atom is -0.462 e. The zero-order chi connectivity index (χ0) is 36.8. The van der Waals surface area contributed by atoms with Gasteiger partial charge in [-0.1, -0.05) is 50.3 Å². The average molecular weight is 695 g/mol. The molecule has 1 aliphatic heterocycles. The molecule has 274 valence electrons. The molecule has 4 aliphatic rings. The number of rotatable bonds is 8. The number of carbonyl (C=O) groups is 4. The maximum absolute atomic E-state index is 13.2. The summed E-state index contributed by atoms with van der Waals surface area (Å²) in [5.41, 5.74) is -1.19. The number of ether oxygens (including phenoxy) is 5. The Balaban J connectivity index is 1.77. The van der Waals surface area contributed by atoms with Gasteiger partial charge in [0.2, 0.25) is 0 Å². The van der Waals surface area contributed by atoms with Gasteiger partial charge in [0.15, 0.2) is 6.10 Å². The van der Waals surface area contributed by atoms with Gasteiger partial charge in [0.25, 0.3) is 0 Å². The molecule has 3 aliphatic carbocycles. The number of fused-ring (bicyclic) bond motifs is 5. The molecule has 50 heavy (non-hydrogen) atoms. The maximum Gasteiger partial charge on any atom is 0.303 e. The fraction of sp³-hybridized carbons (Fsp3) is 0.650. The van der Waals surface area contributed by atoms with Crippen LogP contribution in [-0.4, -0.2) is 72.2 Å². The van der Waals surface area contributed by atoms with Gasteiger partial charge in [-0.2, -0.15) is 0 Å². The van der Waals surface area contributed by atoms with Crippen LogP contribution in [0.5, 0.6) is 0 Å². The van der Waals surface area contributed by atoms with Gasteiger partial charge in [-0.15, -0.1) is 0 Å². The summed E-state index contributed by atoms with van der Waals surface area (Å²) in [6.07, 6.45) is 4.24. The van der Waals surface area contributed by atoms with Crippen molar-refractivity contribution in [2.75, 3.05) is 13.2 Å². The number of esters is 4. The second-order valence-electron chi connectivity index (χ2n) is 15.6. The van der Waals surface area contributed by atoms with Gasteiger partial charge in [0.05, 0.1) is 24.2 Å². The molecule has 0 amide bonds. The van der Waals surface area contributed by atoms with E-state index in [0.29, 0.717) is 25.7 Å². The molecule has 11 atom stereocenters. The Morgan fingerprint density at radius 2 is 1.62 bits per heavy atom. The van der Waals surface area contributed by atoms with Gasteiger partial charge in [0, 0.05) is 44.9 Å². The molecule has 0 bridgehead atoms. The average Bonchev–Trinajstić information content (AvgIpc) is 3.25. The maximum atomic E-state index is 13.2. The van der Waals surface area contributed by atoms with Gasteiger partial charge in [0.1, 0.15) is 18.3 Å². The first-order chi connectivity index (χ1) is 23.4. The van der Waals surface area contributed by atoms with Crippen molar-refractivity contribution < 1.29 is 48.0 Å². The first-order valence-electron chi connectivity index (χ1n) is 17.8. The van der Waals surface area contributed by atoms with Crippen LogP contribution in [0.15, 0.2) is 48.1 Å². The van der Waals surface area contributed by atoms with E-state index in [0.717, 1.165) is 16.7 Å². The first-order valence-corrected chi connectivity index (χ1v) is 17.8. The summed E-state index contributed by atoms with van der Waals surface area (Å²) < 4.78 is 30.9. The van der Waals surface area contributed by atoms with Crippen LogP contribution in [0.25, 0.3) is 0 Å². The molecule has 1 N–H and O–H groups in total. The smallest absolute Gasteiger partial charge is 0.303 e. The van der Waals surface area contributed by atoms with Crippen molar-refractivity contribution >= 4 is 23.9 Å². The van der Waals surface area contributed by atoms with Gasteiger partial charge < -0.3 is 28.8 Å². The van der Waals surface area contributed by atoms with E-state index in [2.05, 4.69) is 32.1 Å². The fourth-order valence-electron chi connectivity index (χ4n) is 10.8. The van der Waals surface area contributed by atoms with E-state index in [4.69, 9.17) is 23.7 Å². The zero-order valence-corrected chi connectivity index (χ0v) is 30.9. The Morgan fingerprint density at radius 3 is 2.24 bits per heavy atom. The summed E-state index contributed by atoms with van der Waals surface area (Å²) in [6.45, 7) is 15.5. The van der Waals surface area contributed by atoms with Crippen LogP contribution in [0.1, 0.15) is 85.8 Å². The molecule has 2 saturated carbocycles. The lowest BCUT2D eigenvalue weighted by Crippen LogP contribution is -2.76. The number of benzene rings is 1. The second kappa shape index (κ2) is 13.9. The van der Waals surface area contributed by atoms with Crippen LogP contribution in [0.2, 0.25) is 0 Å². The molecule has 5 rings (SSSR count). The summed E-state index contributed by atoms with van der Waals surface area (Å²) in [4.78, 5) is 51.6. The van der Waals surface area contributed by atoms with E-state index < -0.39 is 87.9 Å². The molecule has 5 unspecified atom stereocenters. The Bertz CT molecular complexity index is 1560. The van der Waals surface area contributed by atoms with Crippen LogP contribution < -0.4 is 0 Å². The predicted molar refractivity (Wildman–Crippen MR) is 184 cm³/mol. The highest BCUT2D eigenvalue weighted by Gasteiger charge is 2.76. The number of allylic oxidation sites excluding steroid dienone is 1. The molecule has 1 heterocycles. The predicted octanol–water partition coefficient (Wildman–Crippen LogP) is 5.61. The number of aliphatic hydroxyl groups is 1. The summed E-state index contributed by atoms with van der Waals surface area (Å²) in [7, 11) is 0. The Kier molecular flexibility index (Phi) is 10.5. The van der Waals surface area contributed by atoms with Crippen LogP contribution in [0.4, 0.5) is 0 Å². The Labute approximate surface area is 295 Å². The Hall–Kier alpha value is -3.50. The first kappa shape index (κ1) is 37.7. The van der Waals surface area contributed by atoms with Crippen molar-refractivity contribution in [1.29, 1.82) is 0 Å². The fourth-order valence-corrected chi connectivity index (χ4v) is 10.8. The summed E-state index contributed by atoms with van der Waals surface area (Å²) >= 11 is 0. The molecular formula is C40H54O10. The lowest BCUT2D eigenvalue weighted by Gasteiger charge is -2.71. The second-order valence-corrected chi connectivity index (χ2v) is 15.6. The van der Waals surface area contributed by atoms with E-state index in [1.165, 1.54) is 27.7 Å². The summed E-state index contributed by atoms with van der Waals surface area (Å²) in [6, 6.07) is 8.13. The molecular weight excluding hydrogens is 640 g/mol. The highest BCUT2D eigenvalue weighted by molar-refractivity contribution is 5.68. The lowest BCUT2D eigenvalue weighted by molar-refractivity contribution is -0.304. The van der Waals surface area contributed by atoms with Crippen molar-refractivity contribution in [2.24, 2.45) is 34.0 Å². The third kappa shape index (κ3) is 6.20. The van der Waals surface area contributed by atoms with Crippen molar-refractivity contribution in [1.82, 2.24) is 0 Å². The lowest BCUT2D eigenvalue weighted by atomic mass is 9.35. The molecule has 10 nitrogen and oxygen atoms in total. The number of carbonyl (C=O) groups excluding carboxylic acids is 4. The molecule has 1 aromatic carbocycles. The quantitative estimate of drug-likeness (QED) is 0.208. The van der Waals surface area contributed by atoms with Crippen molar-refractivity contribution in [3.63, 3.8) is 0 Å². The minimum atomic E-state index is -1.30. The molecule has 1 aromatic rings. The standard InChI is InChI=1S/C40H54O10/c1-23-13-10-11-14-30(23)16-19-40(45)24(2)21-33(48-27(5)42)38(9)32(40)17-18-37(8)31-15-12-20-46-22-39(31,25(3)47-26(4)41)36(50-29(7)44)34(35(37)38)49-28(6)43/h10-15,21,25,31-36,45H,16-20,22H2,1-9H3/t25?,31?,32?,33-,34?,35?,36+,37+,38-,39-,40+/m1/s1. The van der Waals surface area contributed by atoms with E-state index >= 15 is 0 Å². The third-order valence-corrected chi connectivity index (χ3v) is 12.7. The monoisotopic (exact) mass is 694 g/mol. The van der Waals surface area contributed by atoms with E-state index in [9.17, 15) is 24.3 Å². The van der Waals surface area contributed by atoms with Crippen LogP contribution >= 0.6 is 0 Å². The highest BCUT2D eigenvalue weighted by Crippen LogP contribution is 2.72. The van der Waals surface area contributed by atoms with Crippen molar-refractivity contribution in [3.05, 3.63) is 59.2 Å². The summed E-state index contributed by atoms with van der Waals surface area (Å²) in [5, 5.41) is 13.0. The number of aryl methyl sites for hydroxylation is 2. The topological polar surface area (TPSA) is 135 Å². The highest BCUT2D eigenvalue weighted by atomic mass is 16.6. The van der Waals surface area contributed by atoms with Gasteiger partial charge in [-0.3, -0.25) is 19.2 Å². The SMILES string of the molecule is CC(=O)OC1C2[C@@](C)(CCC3[C@]2(C)[C@H](OC(C)=O)C=C(C)[C@@]3(O)CCc2ccccc2C)C2C=CCOC[C@]2(C(C)OC(C)=O)[C@H]1OC(C)=O.